The molecule has 0 bridgehead atoms. The van der Waals surface area contributed by atoms with Gasteiger partial charge >= 0.3 is 0 Å². The van der Waals surface area contributed by atoms with Crippen molar-refractivity contribution in [1.82, 2.24) is 5.32 Å². The van der Waals surface area contributed by atoms with Crippen LogP contribution in [0.3, 0.4) is 0 Å². The van der Waals surface area contributed by atoms with Gasteiger partial charge in [0.15, 0.2) is 0 Å². The van der Waals surface area contributed by atoms with Gasteiger partial charge in [0.1, 0.15) is 0 Å². The Morgan fingerprint density at radius 1 is 1.40 bits per heavy atom. The van der Waals surface area contributed by atoms with Crippen molar-refractivity contribution in [3.8, 4) is 0 Å². The van der Waals surface area contributed by atoms with E-state index in [9.17, 15) is 4.79 Å². The Labute approximate surface area is 95.9 Å². The van der Waals surface area contributed by atoms with Crippen molar-refractivity contribution in [2.24, 2.45) is 11.7 Å². The summed E-state index contributed by atoms with van der Waals surface area (Å²) >= 11 is 1.99. The van der Waals surface area contributed by atoms with Gasteiger partial charge in [-0.2, -0.15) is 11.8 Å². The molecular formula is C11H20N2OS. The monoisotopic (exact) mass is 228 g/mol. The quantitative estimate of drug-likeness (QED) is 0.694. The zero-order valence-electron chi connectivity index (χ0n) is 9.08. The third-order valence-corrected chi connectivity index (χ3v) is 3.58. The highest BCUT2D eigenvalue weighted by molar-refractivity contribution is 7.99. The number of rotatable bonds is 5. The van der Waals surface area contributed by atoms with Crippen molar-refractivity contribution >= 4 is 17.7 Å². The van der Waals surface area contributed by atoms with Gasteiger partial charge in [-0.05, 0) is 30.3 Å². The topological polar surface area (TPSA) is 55.1 Å². The molecule has 0 saturated carbocycles. The lowest BCUT2D eigenvalue weighted by molar-refractivity contribution is -0.121. The maximum Gasteiger partial charge on any atom is 0.220 e. The minimum atomic E-state index is 0.175. The van der Waals surface area contributed by atoms with E-state index in [0.717, 1.165) is 0 Å². The number of nitrogens with one attached hydrogen (secondary N) is 1. The molecule has 0 aromatic rings. The van der Waals surface area contributed by atoms with Crippen LogP contribution < -0.4 is 11.1 Å². The first-order valence-corrected chi connectivity index (χ1v) is 6.68. The molecular weight excluding hydrogens is 208 g/mol. The molecule has 0 unspecified atom stereocenters. The van der Waals surface area contributed by atoms with Gasteiger partial charge < -0.3 is 11.1 Å². The third-order valence-electron chi connectivity index (χ3n) is 2.53. The van der Waals surface area contributed by atoms with Crippen LogP contribution in [0.1, 0.15) is 19.3 Å². The second-order valence-electron chi connectivity index (χ2n) is 3.77. The van der Waals surface area contributed by atoms with E-state index in [1.807, 2.05) is 23.9 Å². The number of nitrogens with two attached hydrogens (primary N) is 1. The Bertz CT molecular complexity index is 213. The molecule has 0 spiro atoms. The second-order valence-corrected chi connectivity index (χ2v) is 5.00. The van der Waals surface area contributed by atoms with Crippen molar-refractivity contribution in [2.45, 2.75) is 19.3 Å². The van der Waals surface area contributed by atoms with Gasteiger partial charge in [-0.25, -0.2) is 0 Å². The molecule has 1 aliphatic rings. The molecule has 0 aromatic carbocycles. The summed E-state index contributed by atoms with van der Waals surface area (Å²) in [5, 5.41) is 2.88. The predicted octanol–water partition coefficient (Wildman–Crippen LogP) is 1.15. The molecule has 1 aliphatic heterocycles. The van der Waals surface area contributed by atoms with Crippen molar-refractivity contribution in [3.05, 3.63) is 12.2 Å². The van der Waals surface area contributed by atoms with Crippen LogP contribution in [0, 0.1) is 5.92 Å². The summed E-state index contributed by atoms with van der Waals surface area (Å²) in [7, 11) is 0. The number of amides is 1. The van der Waals surface area contributed by atoms with Gasteiger partial charge in [0, 0.05) is 19.5 Å². The van der Waals surface area contributed by atoms with Gasteiger partial charge in [0.05, 0.1) is 0 Å². The van der Waals surface area contributed by atoms with E-state index in [0.29, 0.717) is 25.4 Å². The molecule has 1 saturated heterocycles. The standard InChI is InChI=1S/C11H20N2OS/c12-5-1-2-6-13-11(14)9-10-3-7-15-8-4-10/h1-2,10H,3-9,12H2,(H,13,14)/b2-1+. The molecule has 86 valence electrons. The van der Waals surface area contributed by atoms with Crippen LogP contribution in [0.5, 0.6) is 0 Å². The Morgan fingerprint density at radius 2 is 2.13 bits per heavy atom. The number of carbonyl (C=O) groups is 1. The Morgan fingerprint density at radius 3 is 2.80 bits per heavy atom. The maximum absolute atomic E-state index is 11.5. The number of carbonyl (C=O) groups excluding carboxylic acids is 1. The van der Waals surface area contributed by atoms with E-state index in [4.69, 9.17) is 5.73 Å². The number of thioether (sulfide) groups is 1. The van der Waals surface area contributed by atoms with Gasteiger partial charge in [-0.1, -0.05) is 12.2 Å². The summed E-state index contributed by atoms with van der Waals surface area (Å²) in [6.45, 7) is 1.15. The van der Waals surface area contributed by atoms with Gasteiger partial charge in [0.25, 0.3) is 0 Å². The highest BCUT2D eigenvalue weighted by Gasteiger charge is 2.16. The second kappa shape index (κ2) is 7.77. The molecule has 15 heavy (non-hydrogen) atoms. The van der Waals surface area contributed by atoms with Crippen molar-refractivity contribution < 1.29 is 4.79 Å². The van der Waals surface area contributed by atoms with E-state index >= 15 is 0 Å². The summed E-state index contributed by atoms with van der Waals surface area (Å²) < 4.78 is 0. The van der Waals surface area contributed by atoms with E-state index in [2.05, 4.69) is 5.32 Å². The fourth-order valence-corrected chi connectivity index (χ4v) is 2.84. The van der Waals surface area contributed by atoms with Crippen molar-refractivity contribution in [1.29, 1.82) is 0 Å². The summed E-state index contributed by atoms with van der Waals surface area (Å²) in [6.07, 6.45) is 6.83. The van der Waals surface area contributed by atoms with Crippen LogP contribution in [0.15, 0.2) is 12.2 Å². The van der Waals surface area contributed by atoms with Gasteiger partial charge in [-0.3, -0.25) is 4.79 Å². The molecule has 0 aliphatic carbocycles. The van der Waals surface area contributed by atoms with Crippen LogP contribution in [0.2, 0.25) is 0 Å². The fourth-order valence-electron chi connectivity index (χ4n) is 1.64. The van der Waals surface area contributed by atoms with E-state index in [1.165, 1.54) is 24.3 Å². The Hall–Kier alpha value is -0.480. The van der Waals surface area contributed by atoms with Crippen molar-refractivity contribution in [3.63, 3.8) is 0 Å². The Kier molecular flexibility index (Phi) is 6.52. The maximum atomic E-state index is 11.5. The van der Waals surface area contributed by atoms with Crippen LogP contribution >= 0.6 is 11.8 Å². The average molecular weight is 228 g/mol. The summed E-state index contributed by atoms with van der Waals surface area (Å²) in [5.41, 5.74) is 5.29. The van der Waals surface area contributed by atoms with Gasteiger partial charge in [0.2, 0.25) is 5.91 Å². The Balaban J connectivity index is 2.09. The van der Waals surface area contributed by atoms with Crippen LogP contribution in [-0.2, 0) is 4.79 Å². The molecule has 0 radical (unpaired) electrons. The predicted molar refractivity (Wildman–Crippen MR) is 65.9 cm³/mol. The first kappa shape index (κ1) is 12.6. The summed E-state index contributed by atoms with van der Waals surface area (Å²) in [6, 6.07) is 0. The number of hydrogen-bond acceptors (Lipinski definition) is 3. The lowest BCUT2D eigenvalue weighted by atomic mass is 9.98. The van der Waals surface area contributed by atoms with Crippen LogP contribution in [-0.4, -0.2) is 30.5 Å². The molecule has 3 N–H and O–H groups in total. The molecule has 1 amide bonds. The van der Waals surface area contributed by atoms with Gasteiger partial charge in [-0.15, -0.1) is 0 Å². The zero-order chi connectivity index (χ0) is 10.9. The first-order chi connectivity index (χ1) is 7.33. The van der Waals surface area contributed by atoms with E-state index < -0.39 is 0 Å². The highest BCUT2D eigenvalue weighted by Crippen LogP contribution is 2.24. The number of hydrogen-bond donors (Lipinski definition) is 2. The first-order valence-electron chi connectivity index (χ1n) is 5.52. The average Bonchev–Trinajstić information content (AvgIpc) is 2.26. The lowest BCUT2D eigenvalue weighted by Crippen LogP contribution is -2.27. The minimum absolute atomic E-state index is 0.175. The SMILES string of the molecule is NC/C=C/CNC(=O)CC1CCSCC1. The summed E-state index contributed by atoms with van der Waals surface area (Å²) in [4.78, 5) is 11.5. The normalized spacial score (nSPS) is 18.2. The van der Waals surface area contributed by atoms with Crippen molar-refractivity contribution in [2.75, 3.05) is 24.6 Å². The van der Waals surface area contributed by atoms with Crippen LogP contribution in [0.4, 0.5) is 0 Å². The highest BCUT2D eigenvalue weighted by atomic mass is 32.2. The fraction of sp³-hybridized carbons (Fsp3) is 0.727. The lowest BCUT2D eigenvalue weighted by Gasteiger charge is -2.20. The largest absolute Gasteiger partial charge is 0.353 e. The smallest absolute Gasteiger partial charge is 0.220 e. The van der Waals surface area contributed by atoms with E-state index in [-0.39, 0.29) is 5.91 Å². The minimum Gasteiger partial charge on any atom is -0.353 e. The van der Waals surface area contributed by atoms with Crippen LogP contribution in [0.25, 0.3) is 0 Å². The molecule has 4 heteroatoms. The molecule has 1 heterocycles. The third kappa shape index (κ3) is 5.85. The summed E-state index contributed by atoms with van der Waals surface area (Å²) in [5.74, 6) is 3.20. The molecule has 0 atom stereocenters. The molecule has 3 nitrogen and oxygen atoms in total. The van der Waals surface area contributed by atoms with E-state index in [1.54, 1.807) is 0 Å². The molecule has 1 rings (SSSR count). The zero-order valence-corrected chi connectivity index (χ0v) is 9.89. The molecule has 0 aromatic heterocycles. The molecule has 1 fully saturated rings.